The normalized spacial score (nSPS) is 24.8. The fourth-order valence-electron chi connectivity index (χ4n) is 4.70. The van der Waals surface area contributed by atoms with Crippen LogP contribution in [0, 0.1) is 11.8 Å². The van der Waals surface area contributed by atoms with Crippen molar-refractivity contribution in [2.75, 3.05) is 26.4 Å². The Morgan fingerprint density at radius 3 is 2.69 bits per heavy atom. The monoisotopic (exact) mass is 446 g/mol. The number of fused-ring (bicyclic) bond motifs is 1. The van der Waals surface area contributed by atoms with Crippen LogP contribution in [0.2, 0.25) is 0 Å². The maximum atomic E-state index is 13.3. The quantitative estimate of drug-likeness (QED) is 0.558. The van der Waals surface area contributed by atoms with Crippen LogP contribution in [0.1, 0.15) is 38.7 Å². The molecule has 0 aromatic heterocycles. The number of hydrogen-bond donors (Lipinski definition) is 2. The number of aryl methyl sites for hydroxylation is 1. The van der Waals surface area contributed by atoms with Gasteiger partial charge in [0.2, 0.25) is 5.91 Å². The number of esters is 1. The molecule has 1 amide bonds. The molecule has 2 aliphatic heterocycles. The van der Waals surface area contributed by atoms with E-state index in [-0.39, 0.29) is 24.3 Å². The summed E-state index contributed by atoms with van der Waals surface area (Å²) in [6, 6.07) is 7.57. The van der Waals surface area contributed by atoms with Gasteiger partial charge < -0.3 is 19.5 Å². The molecular weight excluding hydrogens is 412 g/mol. The molecule has 32 heavy (non-hydrogen) atoms. The van der Waals surface area contributed by atoms with Gasteiger partial charge in [-0.15, -0.1) is 0 Å². The fraction of sp³-hybridized carbons (Fsp3) is 0.625. The Labute approximate surface area is 189 Å². The van der Waals surface area contributed by atoms with E-state index in [1.165, 1.54) is 4.90 Å². The van der Waals surface area contributed by atoms with Gasteiger partial charge in [0.25, 0.3) is 0 Å². The highest BCUT2D eigenvalue weighted by molar-refractivity contribution is 5.87. The smallest absolute Gasteiger partial charge is 0.326 e. The molecule has 2 saturated heterocycles. The summed E-state index contributed by atoms with van der Waals surface area (Å²) in [4.78, 5) is 39.2. The highest BCUT2D eigenvalue weighted by Crippen LogP contribution is 2.33. The van der Waals surface area contributed by atoms with E-state index in [0.29, 0.717) is 39.0 Å². The minimum absolute atomic E-state index is 0.162. The van der Waals surface area contributed by atoms with Gasteiger partial charge in [-0.3, -0.25) is 14.9 Å². The first-order valence-corrected chi connectivity index (χ1v) is 11.5. The van der Waals surface area contributed by atoms with Gasteiger partial charge in [0.05, 0.1) is 12.6 Å². The van der Waals surface area contributed by atoms with Crippen LogP contribution in [0.15, 0.2) is 30.3 Å². The van der Waals surface area contributed by atoms with E-state index in [9.17, 15) is 19.5 Å². The van der Waals surface area contributed by atoms with Crippen molar-refractivity contribution in [3.8, 4) is 0 Å². The average molecular weight is 447 g/mol. The second-order valence-electron chi connectivity index (χ2n) is 8.68. The third-order valence-corrected chi connectivity index (χ3v) is 6.49. The van der Waals surface area contributed by atoms with Crippen LogP contribution >= 0.6 is 0 Å². The predicted octanol–water partition coefficient (Wildman–Crippen LogP) is 1.87. The van der Waals surface area contributed by atoms with E-state index in [4.69, 9.17) is 9.47 Å². The molecule has 4 unspecified atom stereocenters. The van der Waals surface area contributed by atoms with Gasteiger partial charge in [0, 0.05) is 19.8 Å². The molecule has 2 N–H and O–H groups in total. The molecule has 8 heteroatoms. The topological polar surface area (TPSA) is 105 Å². The van der Waals surface area contributed by atoms with Crippen LogP contribution in [-0.4, -0.2) is 72.3 Å². The van der Waals surface area contributed by atoms with Crippen molar-refractivity contribution in [3.05, 3.63) is 35.9 Å². The lowest BCUT2D eigenvalue weighted by Gasteiger charge is -2.45. The maximum Gasteiger partial charge on any atom is 0.326 e. The van der Waals surface area contributed by atoms with Crippen LogP contribution in [-0.2, 0) is 30.3 Å². The van der Waals surface area contributed by atoms with Crippen molar-refractivity contribution in [1.82, 2.24) is 10.2 Å². The Balaban J connectivity index is 1.67. The number of nitrogens with one attached hydrogen (secondary N) is 1. The summed E-state index contributed by atoms with van der Waals surface area (Å²) in [7, 11) is 0. The largest absolute Gasteiger partial charge is 0.480 e. The summed E-state index contributed by atoms with van der Waals surface area (Å²) >= 11 is 0. The molecule has 176 valence electrons. The first-order chi connectivity index (χ1) is 15.4. The van der Waals surface area contributed by atoms with Crippen LogP contribution in [0.25, 0.3) is 0 Å². The molecule has 1 aromatic rings. The number of carboxylic acid groups (broad SMARTS) is 1. The highest BCUT2D eigenvalue weighted by atomic mass is 16.5. The molecule has 0 saturated carbocycles. The second kappa shape index (κ2) is 11.4. The lowest BCUT2D eigenvalue weighted by Crippen LogP contribution is -2.60. The highest BCUT2D eigenvalue weighted by Gasteiger charge is 2.43. The van der Waals surface area contributed by atoms with Crippen molar-refractivity contribution < 1.29 is 29.0 Å². The van der Waals surface area contributed by atoms with Crippen molar-refractivity contribution in [2.24, 2.45) is 11.8 Å². The van der Waals surface area contributed by atoms with E-state index in [1.807, 2.05) is 30.3 Å². The van der Waals surface area contributed by atoms with Crippen LogP contribution < -0.4 is 5.32 Å². The van der Waals surface area contributed by atoms with Crippen LogP contribution in [0.5, 0.6) is 0 Å². The number of likely N-dealkylation sites (tertiary alicyclic amines) is 1. The average Bonchev–Trinajstić information content (AvgIpc) is 2.80. The lowest BCUT2D eigenvalue weighted by atomic mass is 9.79. The van der Waals surface area contributed by atoms with Crippen LogP contribution in [0.3, 0.4) is 0 Å². The fourth-order valence-corrected chi connectivity index (χ4v) is 4.70. The number of carbonyl (C=O) groups is 3. The number of piperidine rings is 1. The Hall–Kier alpha value is -2.45. The maximum absolute atomic E-state index is 13.3. The molecule has 0 spiro atoms. The number of carboxylic acids is 1. The van der Waals surface area contributed by atoms with E-state index in [2.05, 4.69) is 5.32 Å². The molecular formula is C24H34N2O6. The van der Waals surface area contributed by atoms with Crippen molar-refractivity contribution in [2.45, 2.75) is 57.7 Å². The lowest BCUT2D eigenvalue weighted by molar-refractivity contribution is -0.159. The number of amides is 1. The molecule has 2 heterocycles. The molecule has 8 nitrogen and oxygen atoms in total. The summed E-state index contributed by atoms with van der Waals surface area (Å²) in [6.07, 6.45) is 2.35. The summed E-state index contributed by atoms with van der Waals surface area (Å²) in [5.41, 5.74) is 1.09. The molecule has 3 rings (SSSR count). The first-order valence-electron chi connectivity index (χ1n) is 11.5. The summed E-state index contributed by atoms with van der Waals surface area (Å²) < 4.78 is 10.7. The number of carbonyl (C=O) groups excluding carboxylic acids is 2. The molecule has 0 aliphatic carbocycles. The third kappa shape index (κ3) is 6.07. The first kappa shape index (κ1) is 24.2. The van der Waals surface area contributed by atoms with Crippen molar-refractivity contribution in [1.29, 1.82) is 0 Å². The Morgan fingerprint density at radius 2 is 2.00 bits per heavy atom. The Bertz CT molecular complexity index is 786. The zero-order valence-corrected chi connectivity index (χ0v) is 18.9. The Kier molecular flexibility index (Phi) is 8.64. The van der Waals surface area contributed by atoms with Crippen LogP contribution in [0.4, 0.5) is 0 Å². The van der Waals surface area contributed by atoms with Gasteiger partial charge in [-0.05, 0) is 56.9 Å². The standard InChI is InChI=1S/C24H34N2O6/c1-3-32-24(30)20(10-9-17-7-5-4-6-8-17)25-16(2)22(27)26-14-18-11-12-31-15-19(18)13-21(26)23(28)29/h4-8,16,18-21,25H,3,9-15H2,1-2H3,(H,28,29)/t16-,18?,19?,20?,21?/m0/s1. The molecule has 0 radical (unpaired) electrons. The predicted molar refractivity (Wildman–Crippen MR) is 118 cm³/mol. The van der Waals surface area contributed by atoms with E-state index in [1.54, 1.807) is 13.8 Å². The zero-order chi connectivity index (χ0) is 23.1. The Morgan fingerprint density at radius 1 is 1.25 bits per heavy atom. The number of benzene rings is 1. The SMILES string of the molecule is CCOC(=O)C(CCc1ccccc1)N[C@@H](C)C(=O)N1CC2CCOCC2CC1C(=O)O. The van der Waals surface area contributed by atoms with E-state index < -0.39 is 30.1 Å². The van der Waals surface area contributed by atoms with Crippen molar-refractivity contribution in [3.63, 3.8) is 0 Å². The number of rotatable bonds is 9. The molecule has 2 aliphatic rings. The van der Waals surface area contributed by atoms with Gasteiger partial charge in [0.15, 0.2) is 0 Å². The van der Waals surface area contributed by atoms with Gasteiger partial charge in [0.1, 0.15) is 12.1 Å². The van der Waals surface area contributed by atoms with Gasteiger partial charge in [-0.25, -0.2) is 4.79 Å². The van der Waals surface area contributed by atoms with Gasteiger partial charge in [-0.2, -0.15) is 0 Å². The van der Waals surface area contributed by atoms with Crippen molar-refractivity contribution >= 4 is 17.8 Å². The van der Waals surface area contributed by atoms with Gasteiger partial charge in [-0.1, -0.05) is 30.3 Å². The number of nitrogens with zero attached hydrogens (tertiary/aromatic N) is 1. The van der Waals surface area contributed by atoms with Gasteiger partial charge >= 0.3 is 11.9 Å². The molecule has 5 atom stereocenters. The zero-order valence-electron chi connectivity index (χ0n) is 18.9. The van der Waals surface area contributed by atoms with E-state index >= 15 is 0 Å². The number of aliphatic carboxylic acids is 1. The molecule has 1 aromatic carbocycles. The minimum Gasteiger partial charge on any atom is -0.480 e. The number of hydrogen-bond acceptors (Lipinski definition) is 6. The minimum atomic E-state index is -0.999. The third-order valence-electron chi connectivity index (χ3n) is 6.49. The second-order valence-corrected chi connectivity index (χ2v) is 8.68. The van der Waals surface area contributed by atoms with E-state index in [0.717, 1.165) is 12.0 Å². The summed E-state index contributed by atoms with van der Waals surface area (Å²) in [5, 5.41) is 12.9. The summed E-state index contributed by atoms with van der Waals surface area (Å²) in [5.74, 6) is -1.29. The molecule has 0 bridgehead atoms. The number of ether oxygens (including phenoxy) is 2. The molecule has 2 fully saturated rings. The summed E-state index contributed by atoms with van der Waals surface area (Å²) in [6.45, 7) is 5.28.